The number of halogens is 2. The molecule has 1 amide bonds. The number of benzene rings is 2. The minimum absolute atomic E-state index is 0.0133. The number of carbonyl (C=O) groups is 1. The zero-order valence-corrected chi connectivity index (χ0v) is 15.2. The molecule has 2 aromatic rings. The second-order valence-corrected chi connectivity index (χ2v) is 6.34. The Bertz CT molecular complexity index is 674. The Morgan fingerprint density at radius 3 is 2.54 bits per heavy atom. The smallest absolute Gasteiger partial charge is 0.257 e. The standard InChI is InChI=1S/C19H21BrFNO2/c1-2-14-7-10-18(17(20)12-14)24-13-19(23)22-11-3-4-15-5-8-16(21)9-6-15/h5-10,12H,2-4,11,13H2,1H3,(H,22,23). The molecule has 2 rings (SSSR count). The van der Waals surface area contributed by atoms with Crippen molar-refractivity contribution in [3.05, 3.63) is 63.9 Å². The monoisotopic (exact) mass is 393 g/mol. The lowest BCUT2D eigenvalue weighted by atomic mass is 10.1. The first-order chi connectivity index (χ1) is 11.6. The van der Waals surface area contributed by atoms with Crippen molar-refractivity contribution in [3.63, 3.8) is 0 Å². The van der Waals surface area contributed by atoms with Crippen LogP contribution in [0.2, 0.25) is 0 Å². The zero-order valence-electron chi connectivity index (χ0n) is 13.6. The third-order valence-electron chi connectivity index (χ3n) is 3.64. The number of hydrogen-bond donors (Lipinski definition) is 1. The van der Waals surface area contributed by atoms with Crippen molar-refractivity contribution in [3.8, 4) is 5.75 Å². The SMILES string of the molecule is CCc1ccc(OCC(=O)NCCCc2ccc(F)cc2)c(Br)c1. The van der Waals surface area contributed by atoms with E-state index >= 15 is 0 Å². The summed E-state index contributed by atoms with van der Waals surface area (Å²) in [7, 11) is 0. The van der Waals surface area contributed by atoms with E-state index in [-0.39, 0.29) is 18.3 Å². The summed E-state index contributed by atoms with van der Waals surface area (Å²) in [5.74, 6) is 0.275. The lowest BCUT2D eigenvalue weighted by molar-refractivity contribution is -0.123. The van der Waals surface area contributed by atoms with E-state index in [1.165, 1.54) is 17.7 Å². The van der Waals surface area contributed by atoms with Crippen LogP contribution in [0.15, 0.2) is 46.9 Å². The van der Waals surface area contributed by atoms with E-state index in [1.807, 2.05) is 18.2 Å². The van der Waals surface area contributed by atoms with Crippen LogP contribution < -0.4 is 10.1 Å². The first-order valence-corrected chi connectivity index (χ1v) is 8.80. The van der Waals surface area contributed by atoms with Crippen LogP contribution in [0.4, 0.5) is 4.39 Å². The highest BCUT2D eigenvalue weighted by Gasteiger charge is 2.06. The van der Waals surface area contributed by atoms with Crippen LogP contribution in [0.5, 0.6) is 5.75 Å². The first kappa shape index (κ1) is 18.5. The van der Waals surface area contributed by atoms with Gasteiger partial charge in [0.2, 0.25) is 0 Å². The van der Waals surface area contributed by atoms with E-state index in [9.17, 15) is 9.18 Å². The minimum Gasteiger partial charge on any atom is -0.483 e. The third-order valence-corrected chi connectivity index (χ3v) is 4.26. The van der Waals surface area contributed by atoms with Gasteiger partial charge in [0.1, 0.15) is 11.6 Å². The van der Waals surface area contributed by atoms with E-state index in [2.05, 4.69) is 28.2 Å². The van der Waals surface area contributed by atoms with Crippen LogP contribution in [0.3, 0.4) is 0 Å². The fourth-order valence-corrected chi connectivity index (χ4v) is 2.79. The Hall–Kier alpha value is -1.88. The van der Waals surface area contributed by atoms with Gasteiger partial charge in [-0.25, -0.2) is 4.39 Å². The molecule has 2 aromatic carbocycles. The van der Waals surface area contributed by atoms with Gasteiger partial charge in [0.05, 0.1) is 4.47 Å². The van der Waals surface area contributed by atoms with Gasteiger partial charge in [-0.2, -0.15) is 0 Å². The normalized spacial score (nSPS) is 10.5. The average molecular weight is 394 g/mol. The van der Waals surface area contributed by atoms with Gasteiger partial charge in [0.25, 0.3) is 5.91 Å². The van der Waals surface area contributed by atoms with Crippen molar-refractivity contribution in [2.45, 2.75) is 26.2 Å². The molecule has 0 spiro atoms. The molecule has 0 unspecified atom stereocenters. The first-order valence-electron chi connectivity index (χ1n) is 8.01. The topological polar surface area (TPSA) is 38.3 Å². The second-order valence-electron chi connectivity index (χ2n) is 5.49. The minimum atomic E-state index is -0.234. The highest BCUT2D eigenvalue weighted by atomic mass is 79.9. The molecule has 1 N–H and O–H groups in total. The van der Waals surface area contributed by atoms with Crippen LogP contribution in [-0.4, -0.2) is 19.1 Å². The summed E-state index contributed by atoms with van der Waals surface area (Å²) < 4.78 is 19.2. The lowest BCUT2D eigenvalue weighted by Gasteiger charge is -2.10. The maximum Gasteiger partial charge on any atom is 0.257 e. The van der Waals surface area contributed by atoms with Gasteiger partial charge >= 0.3 is 0 Å². The fourth-order valence-electron chi connectivity index (χ4n) is 2.25. The number of amides is 1. The third kappa shape index (κ3) is 5.96. The largest absolute Gasteiger partial charge is 0.483 e. The van der Waals surface area contributed by atoms with E-state index in [4.69, 9.17) is 4.74 Å². The zero-order chi connectivity index (χ0) is 17.4. The molecule has 0 aliphatic rings. The molecule has 0 radical (unpaired) electrons. The lowest BCUT2D eigenvalue weighted by Crippen LogP contribution is -2.30. The Morgan fingerprint density at radius 2 is 1.88 bits per heavy atom. The van der Waals surface area contributed by atoms with Gasteiger partial charge < -0.3 is 10.1 Å². The van der Waals surface area contributed by atoms with Gasteiger partial charge in [-0.05, 0) is 70.6 Å². The van der Waals surface area contributed by atoms with Gasteiger partial charge in [-0.15, -0.1) is 0 Å². The molecule has 128 valence electrons. The maximum absolute atomic E-state index is 12.8. The van der Waals surface area contributed by atoms with E-state index in [0.717, 1.165) is 29.3 Å². The highest BCUT2D eigenvalue weighted by Crippen LogP contribution is 2.26. The van der Waals surface area contributed by atoms with Crippen molar-refractivity contribution in [2.24, 2.45) is 0 Å². The van der Waals surface area contributed by atoms with Gasteiger partial charge in [-0.1, -0.05) is 25.1 Å². The van der Waals surface area contributed by atoms with Crippen molar-refractivity contribution in [2.75, 3.05) is 13.2 Å². The number of aryl methyl sites for hydroxylation is 2. The molecule has 0 aliphatic heterocycles. The molecule has 3 nitrogen and oxygen atoms in total. The molecule has 0 heterocycles. The van der Waals surface area contributed by atoms with E-state index in [0.29, 0.717) is 12.3 Å². The Kier molecular flexibility index (Phi) is 7.25. The molecule has 24 heavy (non-hydrogen) atoms. The molecule has 0 bridgehead atoms. The van der Waals surface area contributed by atoms with Crippen molar-refractivity contribution in [1.29, 1.82) is 0 Å². The summed E-state index contributed by atoms with van der Waals surface area (Å²) >= 11 is 3.45. The summed E-state index contributed by atoms with van der Waals surface area (Å²) in [6.07, 6.45) is 2.55. The van der Waals surface area contributed by atoms with E-state index < -0.39 is 0 Å². The predicted octanol–water partition coefficient (Wildman–Crippen LogP) is 4.28. The van der Waals surface area contributed by atoms with Crippen molar-refractivity contribution in [1.82, 2.24) is 5.32 Å². The molecule has 0 fully saturated rings. The fraction of sp³-hybridized carbons (Fsp3) is 0.316. The number of carbonyl (C=O) groups excluding carboxylic acids is 1. The Morgan fingerprint density at radius 1 is 1.17 bits per heavy atom. The molecular formula is C19H21BrFNO2. The summed E-state index contributed by atoms with van der Waals surface area (Å²) in [6.45, 7) is 2.64. The quantitative estimate of drug-likeness (QED) is 0.679. The predicted molar refractivity (Wildman–Crippen MR) is 96.7 cm³/mol. The van der Waals surface area contributed by atoms with Gasteiger partial charge in [0, 0.05) is 6.54 Å². The molecule has 0 saturated heterocycles. The highest BCUT2D eigenvalue weighted by molar-refractivity contribution is 9.10. The number of hydrogen-bond acceptors (Lipinski definition) is 2. The molecule has 0 saturated carbocycles. The summed E-state index contributed by atoms with van der Waals surface area (Å²) in [5.41, 5.74) is 2.27. The second kappa shape index (κ2) is 9.42. The van der Waals surface area contributed by atoms with E-state index in [1.54, 1.807) is 12.1 Å². The average Bonchev–Trinajstić information content (AvgIpc) is 2.59. The van der Waals surface area contributed by atoms with Crippen LogP contribution in [-0.2, 0) is 17.6 Å². The molecule has 0 atom stereocenters. The van der Waals surface area contributed by atoms with Crippen molar-refractivity contribution >= 4 is 21.8 Å². The molecule has 0 aromatic heterocycles. The van der Waals surface area contributed by atoms with Crippen LogP contribution in [0.1, 0.15) is 24.5 Å². The van der Waals surface area contributed by atoms with Crippen LogP contribution in [0, 0.1) is 5.82 Å². The number of rotatable bonds is 8. The number of nitrogens with one attached hydrogen (secondary N) is 1. The van der Waals surface area contributed by atoms with Crippen molar-refractivity contribution < 1.29 is 13.9 Å². The maximum atomic E-state index is 12.8. The molecule has 0 aliphatic carbocycles. The molecular weight excluding hydrogens is 373 g/mol. The summed E-state index contributed by atoms with van der Waals surface area (Å²) in [5, 5.41) is 2.82. The van der Waals surface area contributed by atoms with Crippen LogP contribution in [0.25, 0.3) is 0 Å². The van der Waals surface area contributed by atoms with Gasteiger partial charge in [0.15, 0.2) is 6.61 Å². The van der Waals surface area contributed by atoms with Gasteiger partial charge in [-0.3, -0.25) is 4.79 Å². The Balaban J connectivity index is 1.67. The summed E-state index contributed by atoms with van der Waals surface area (Å²) in [6, 6.07) is 12.3. The molecule has 5 heteroatoms. The van der Waals surface area contributed by atoms with Crippen LogP contribution >= 0.6 is 15.9 Å². The summed E-state index contributed by atoms with van der Waals surface area (Å²) in [4.78, 5) is 11.8. The Labute approximate surface area is 150 Å². The number of ether oxygens (including phenoxy) is 1.